The van der Waals surface area contributed by atoms with Crippen LogP contribution >= 0.6 is 0 Å². The largest absolute Gasteiger partial charge is 0.481 e. The minimum Gasteiger partial charge on any atom is -0.481 e. The van der Waals surface area contributed by atoms with Crippen LogP contribution in [0.15, 0.2) is 12.3 Å². The van der Waals surface area contributed by atoms with E-state index in [1.807, 2.05) is 0 Å². The number of carbonyl (C=O) groups is 2. The highest BCUT2D eigenvalue weighted by Gasteiger charge is 2.31. The van der Waals surface area contributed by atoms with Crippen LogP contribution in [0.1, 0.15) is 29.6 Å². The summed E-state index contributed by atoms with van der Waals surface area (Å²) in [7, 11) is 0. The number of hydrogen-bond donors (Lipinski definition) is 2. The minimum absolute atomic E-state index is 0.302. The second-order valence-corrected chi connectivity index (χ2v) is 4.48. The van der Waals surface area contributed by atoms with Gasteiger partial charge < -0.3 is 10.4 Å². The zero-order valence-electron chi connectivity index (χ0n) is 9.90. The lowest BCUT2D eigenvalue weighted by atomic mass is 10.1. The predicted molar refractivity (Wildman–Crippen MR) is 60.4 cm³/mol. The Hall–Kier alpha value is -2.05. The van der Waals surface area contributed by atoms with Gasteiger partial charge in [0, 0.05) is 12.2 Å². The van der Waals surface area contributed by atoms with Crippen LogP contribution in [0.25, 0.3) is 0 Å². The van der Waals surface area contributed by atoms with Gasteiger partial charge in [-0.1, -0.05) is 0 Å². The van der Waals surface area contributed by atoms with Crippen LogP contribution in [0.4, 0.5) is 8.78 Å². The van der Waals surface area contributed by atoms with Gasteiger partial charge in [0.15, 0.2) is 5.82 Å². The average Bonchev–Trinajstić information content (AvgIpc) is 2.81. The summed E-state index contributed by atoms with van der Waals surface area (Å²) in [4.78, 5) is 25.6. The fourth-order valence-electron chi connectivity index (χ4n) is 2.19. The van der Waals surface area contributed by atoms with Crippen LogP contribution in [0.2, 0.25) is 0 Å². The number of carbonyl (C=O) groups excluding carboxylic acids is 1. The van der Waals surface area contributed by atoms with E-state index in [2.05, 4.69) is 10.3 Å². The van der Waals surface area contributed by atoms with Gasteiger partial charge in [-0.3, -0.25) is 9.59 Å². The Bertz CT molecular complexity index is 522. The van der Waals surface area contributed by atoms with Gasteiger partial charge in [0.2, 0.25) is 5.95 Å². The van der Waals surface area contributed by atoms with Gasteiger partial charge in [-0.25, -0.2) is 9.37 Å². The molecule has 2 unspecified atom stereocenters. The maximum absolute atomic E-state index is 13.3. The normalized spacial score (nSPS) is 22.2. The second-order valence-electron chi connectivity index (χ2n) is 4.48. The summed E-state index contributed by atoms with van der Waals surface area (Å²) in [5.74, 6) is -4.78. The lowest BCUT2D eigenvalue weighted by Crippen LogP contribution is -2.34. The number of halogens is 2. The third-order valence-corrected chi connectivity index (χ3v) is 3.21. The lowest BCUT2D eigenvalue weighted by molar-refractivity contribution is -0.141. The molecule has 1 aromatic rings. The molecule has 1 aliphatic rings. The van der Waals surface area contributed by atoms with E-state index in [4.69, 9.17) is 5.11 Å². The van der Waals surface area contributed by atoms with Crippen molar-refractivity contribution in [3.63, 3.8) is 0 Å². The van der Waals surface area contributed by atoms with E-state index in [1.54, 1.807) is 0 Å². The summed E-state index contributed by atoms with van der Waals surface area (Å²) in [5.41, 5.74) is -0.425. The summed E-state index contributed by atoms with van der Waals surface area (Å²) < 4.78 is 26.2. The number of hydrogen-bond acceptors (Lipinski definition) is 3. The standard InChI is InChI=1S/C12H12F2N2O3/c13-9-8(3-4-15-10(9)14)11(17)16-7-2-1-6(5-7)12(18)19/h3-4,6-7H,1-2,5H2,(H,16,17)(H,18,19). The Labute approximate surface area is 107 Å². The first-order valence-corrected chi connectivity index (χ1v) is 5.82. The molecule has 2 atom stereocenters. The van der Waals surface area contributed by atoms with Crippen LogP contribution in [0.3, 0.4) is 0 Å². The molecule has 19 heavy (non-hydrogen) atoms. The van der Waals surface area contributed by atoms with Crippen LogP contribution in [0.5, 0.6) is 0 Å². The molecule has 0 saturated heterocycles. The molecule has 0 bridgehead atoms. The van der Waals surface area contributed by atoms with Gasteiger partial charge >= 0.3 is 5.97 Å². The van der Waals surface area contributed by atoms with Crippen molar-refractivity contribution >= 4 is 11.9 Å². The molecule has 5 nitrogen and oxygen atoms in total. The molecule has 1 heterocycles. The Kier molecular flexibility index (Phi) is 3.73. The van der Waals surface area contributed by atoms with E-state index in [9.17, 15) is 18.4 Å². The molecule has 7 heteroatoms. The first kappa shape index (κ1) is 13.4. The van der Waals surface area contributed by atoms with Gasteiger partial charge in [0.05, 0.1) is 11.5 Å². The molecular weight excluding hydrogens is 258 g/mol. The van der Waals surface area contributed by atoms with E-state index in [-0.39, 0.29) is 6.04 Å². The lowest BCUT2D eigenvalue weighted by Gasteiger charge is -2.12. The van der Waals surface area contributed by atoms with Crippen LogP contribution < -0.4 is 5.32 Å². The quantitative estimate of drug-likeness (QED) is 0.812. The van der Waals surface area contributed by atoms with E-state index in [0.29, 0.717) is 19.3 Å². The smallest absolute Gasteiger partial charge is 0.306 e. The number of nitrogens with zero attached hydrogens (tertiary/aromatic N) is 1. The van der Waals surface area contributed by atoms with E-state index >= 15 is 0 Å². The van der Waals surface area contributed by atoms with Crippen molar-refractivity contribution in [2.45, 2.75) is 25.3 Å². The van der Waals surface area contributed by atoms with Crippen molar-refractivity contribution < 1.29 is 23.5 Å². The van der Waals surface area contributed by atoms with Gasteiger partial charge in [0.1, 0.15) is 0 Å². The number of aliphatic carboxylic acids is 1. The molecule has 2 N–H and O–H groups in total. The fraction of sp³-hybridized carbons (Fsp3) is 0.417. The highest BCUT2D eigenvalue weighted by Crippen LogP contribution is 2.26. The number of aromatic nitrogens is 1. The fourth-order valence-corrected chi connectivity index (χ4v) is 2.19. The Balaban J connectivity index is 2.02. The van der Waals surface area contributed by atoms with Crippen molar-refractivity contribution in [3.8, 4) is 0 Å². The number of pyridine rings is 1. The molecule has 0 aromatic carbocycles. The Morgan fingerprint density at radius 1 is 1.37 bits per heavy atom. The third-order valence-electron chi connectivity index (χ3n) is 3.21. The highest BCUT2D eigenvalue weighted by molar-refractivity contribution is 5.94. The summed E-state index contributed by atoms with van der Waals surface area (Å²) in [6.45, 7) is 0. The molecule has 0 aliphatic heterocycles. The van der Waals surface area contributed by atoms with E-state index in [0.717, 1.165) is 12.3 Å². The zero-order chi connectivity index (χ0) is 14.0. The number of carboxylic acid groups (broad SMARTS) is 1. The molecule has 1 saturated carbocycles. The number of amides is 1. The van der Waals surface area contributed by atoms with Gasteiger partial charge in [-0.2, -0.15) is 4.39 Å². The van der Waals surface area contributed by atoms with Crippen molar-refractivity contribution in [3.05, 3.63) is 29.6 Å². The summed E-state index contributed by atoms with van der Waals surface area (Å²) in [6, 6.07) is 0.751. The van der Waals surface area contributed by atoms with Crippen molar-refractivity contribution in [1.82, 2.24) is 10.3 Å². The van der Waals surface area contributed by atoms with Crippen molar-refractivity contribution in [2.75, 3.05) is 0 Å². The monoisotopic (exact) mass is 270 g/mol. The minimum atomic E-state index is -1.33. The predicted octanol–water partition coefficient (Wildman–Crippen LogP) is 1.34. The van der Waals surface area contributed by atoms with Gasteiger partial charge in [-0.05, 0) is 25.3 Å². The number of carboxylic acids is 1. The molecular formula is C12H12F2N2O3. The topological polar surface area (TPSA) is 79.3 Å². The van der Waals surface area contributed by atoms with Gasteiger partial charge in [0.25, 0.3) is 5.91 Å². The summed E-state index contributed by atoms with van der Waals surface area (Å²) >= 11 is 0. The molecule has 1 fully saturated rings. The summed E-state index contributed by atoms with van der Waals surface area (Å²) in [6.07, 6.45) is 2.28. The van der Waals surface area contributed by atoms with Crippen LogP contribution in [-0.2, 0) is 4.79 Å². The molecule has 1 aromatic heterocycles. The summed E-state index contributed by atoms with van der Waals surface area (Å²) in [5, 5.41) is 11.3. The van der Waals surface area contributed by atoms with Crippen LogP contribution in [-0.4, -0.2) is 28.0 Å². The maximum atomic E-state index is 13.3. The van der Waals surface area contributed by atoms with E-state index in [1.165, 1.54) is 0 Å². The van der Waals surface area contributed by atoms with Crippen LogP contribution in [0, 0.1) is 17.7 Å². The number of rotatable bonds is 3. The molecule has 1 aliphatic carbocycles. The Morgan fingerprint density at radius 2 is 2.11 bits per heavy atom. The number of nitrogens with one attached hydrogen (secondary N) is 1. The Morgan fingerprint density at radius 3 is 2.74 bits per heavy atom. The average molecular weight is 270 g/mol. The van der Waals surface area contributed by atoms with E-state index < -0.39 is 35.1 Å². The second kappa shape index (κ2) is 5.29. The van der Waals surface area contributed by atoms with Crippen molar-refractivity contribution in [1.29, 1.82) is 0 Å². The first-order valence-electron chi connectivity index (χ1n) is 5.82. The zero-order valence-corrected chi connectivity index (χ0v) is 9.90. The first-order chi connectivity index (χ1) is 8.99. The van der Waals surface area contributed by atoms with Gasteiger partial charge in [-0.15, -0.1) is 0 Å². The molecule has 0 spiro atoms. The SMILES string of the molecule is O=C(NC1CCC(C(=O)O)C1)c1ccnc(F)c1F. The molecule has 2 rings (SSSR count). The van der Waals surface area contributed by atoms with Crippen molar-refractivity contribution in [2.24, 2.45) is 5.92 Å². The third kappa shape index (κ3) is 2.86. The maximum Gasteiger partial charge on any atom is 0.306 e. The molecule has 0 radical (unpaired) electrons. The highest BCUT2D eigenvalue weighted by atomic mass is 19.2. The molecule has 102 valence electrons. The molecule has 1 amide bonds.